The van der Waals surface area contributed by atoms with Gasteiger partial charge in [0.1, 0.15) is 0 Å². The lowest BCUT2D eigenvalue weighted by Crippen LogP contribution is -1.83. The Hall–Kier alpha value is -2.08. The second-order valence-corrected chi connectivity index (χ2v) is 4.22. The fourth-order valence-electron chi connectivity index (χ4n) is 2.26. The van der Waals surface area contributed by atoms with Crippen molar-refractivity contribution in [2.45, 2.75) is 6.42 Å². The molecular weight excluding hydrogens is 204 g/mol. The van der Waals surface area contributed by atoms with Gasteiger partial charge < -0.3 is 0 Å². The summed E-state index contributed by atoms with van der Waals surface area (Å²) in [6, 6.07) is 20.5. The van der Waals surface area contributed by atoms with Gasteiger partial charge >= 0.3 is 0 Å². The third-order valence-corrected chi connectivity index (χ3v) is 3.08. The van der Waals surface area contributed by atoms with Crippen molar-refractivity contribution in [3.8, 4) is 0 Å². The van der Waals surface area contributed by atoms with Crippen LogP contribution in [0.25, 0.3) is 21.5 Å². The van der Waals surface area contributed by atoms with E-state index in [1.807, 2.05) is 6.08 Å². The van der Waals surface area contributed by atoms with Gasteiger partial charge in [0.2, 0.25) is 0 Å². The van der Waals surface area contributed by atoms with Crippen LogP contribution in [0.15, 0.2) is 61.2 Å². The Kier molecular flexibility index (Phi) is 2.41. The maximum absolute atomic E-state index is 3.77. The molecule has 3 aromatic carbocycles. The highest BCUT2D eigenvalue weighted by molar-refractivity contribution is 6.07. The van der Waals surface area contributed by atoms with Gasteiger partial charge in [-0.05, 0) is 39.6 Å². The van der Waals surface area contributed by atoms with Crippen LogP contribution < -0.4 is 0 Å². The van der Waals surface area contributed by atoms with Crippen LogP contribution in [0.4, 0.5) is 0 Å². The molecule has 0 aliphatic carbocycles. The minimum absolute atomic E-state index is 0.878. The zero-order chi connectivity index (χ0) is 11.7. The summed E-state index contributed by atoms with van der Waals surface area (Å²) in [7, 11) is 0. The molecule has 0 fully saturated rings. The van der Waals surface area contributed by atoms with E-state index in [1.165, 1.54) is 27.1 Å². The molecule has 0 aliphatic rings. The third kappa shape index (κ3) is 1.72. The Bertz CT molecular complexity index is 693. The van der Waals surface area contributed by atoms with Gasteiger partial charge in [-0.2, -0.15) is 0 Å². The summed E-state index contributed by atoms with van der Waals surface area (Å²) in [5, 5.41) is 5.04. The van der Waals surface area contributed by atoms with E-state index in [1.54, 1.807) is 0 Å². The topological polar surface area (TPSA) is 0 Å². The van der Waals surface area contributed by atoms with Crippen LogP contribution in [0.2, 0.25) is 0 Å². The lowest BCUT2D eigenvalue weighted by atomic mass is 9.99. The molecule has 3 aromatic rings. The quantitative estimate of drug-likeness (QED) is 0.437. The van der Waals surface area contributed by atoms with E-state index in [9.17, 15) is 0 Å². The van der Waals surface area contributed by atoms with Crippen molar-refractivity contribution in [2.24, 2.45) is 0 Å². The van der Waals surface area contributed by atoms with Crippen LogP contribution in [0.3, 0.4) is 0 Å². The highest BCUT2D eigenvalue weighted by Gasteiger charge is 2.00. The van der Waals surface area contributed by atoms with E-state index in [0.717, 1.165) is 6.42 Å². The van der Waals surface area contributed by atoms with Crippen molar-refractivity contribution in [1.82, 2.24) is 0 Å². The predicted octanol–water partition coefficient (Wildman–Crippen LogP) is 4.52. The number of benzene rings is 3. The molecule has 1 radical (unpaired) electrons. The molecule has 0 saturated carbocycles. The lowest BCUT2D eigenvalue weighted by molar-refractivity contribution is 1.28. The smallest absolute Gasteiger partial charge is 0.00608 e. The Labute approximate surface area is 101 Å². The molecule has 0 heterocycles. The van der Waals surface area contributed by atoms with E-state index in [-0.39, 0.29) is 0 Å². The van der Waals surface area contributed by atoms with Crippen LogP contribution in [0.5, 0.6) is 0 Å². The molecule has 0 atom stereocenters. The number of fused-ring (bicyclic) bond motifs is 3. The normalized spacial score (nSPS) is 10.8. The molecule has 0 aliphatic heterocycles. The zero-order valence-corrected chi connectivity index (χ0v) is 9.61. The van der Waals surface area contributed by atoms with Crippen molar-refractivity contribution in [3.63, 3.8) is 0 Å². The van der Waals surface area contributed by atoms with Gasteiger partial charge in [-0.25, -0.2) is 0 Å². The van der Waals surface area contributed by atoms with E-state index in [2.05, 4.69) is 61.2 Å². The maximum Gasteiger partial charge on any atom is -0.00608 e. The summed E-state index contributed by atoms with van der Waals surface area (Å²) in [5.74, 6) is 0. The molecule has 0 saturated heterocycles. The minimum atomic E-state index is 0.878. The first-order valence-corrected chi connectivity index (χ1v) is 5.82. The van der Waals surface area contributed by atoms with Gasteiger partial charge in [-0.3, -0.25) is 0 Å². The van der Waals surface area contributed by atoms with Crippen molar-refractivity contribution < 1.29 is 0 Å². The molecule has 17 heavy (non-hydrogen) atoms. The average Bonchev–Trinajstić information content (AvgIpc) is 2.39. The first kappa shape index (κ1) is 10.1. The van der Waals surface area contributed by atoms with Gasteiger partial charge in [0.15, 0.2) is 0 Å². The second kappa shape index (κ2) is 4.06. The molecule has 0 amide bonds. The largest absolute Gasteiger partial charge is 0.103 e. The molecule has 3 rings (SSSR count). The van der Waals surface area contributed by atoms with Crippen molar-refractivity contribution >= 4 is 21.5 Å². The molecule has 0 heteroatoms. The van der Waals surface area contributed by atoms with E-state index in [0.29, 0.717) is 0 Å². The Morgan fingerprint density at radius 3 is 2.71 bits per heavy atom. The van der Waals surface area contributed by atoms with Crippen molar-refractivity contribution in [3.05, 3.63) is 72.8 Å². The zero-order valence-electron chi connectivity index (χ0n) is 9.61. The molecule has 0 nitrogen and oxygen atoms in total. The minimum Gasteiger partial charge on any atom is -0.103 e. The van der Waals surface area contributed by atoms with Gasteiger partial charge in [-0.15, -0.1) is 6.58 Å². The molecule has 0 spiro atoms. The van der Waals surface area contributed by atoms with E-state index in [4.69, 9.17) is 0 Å². The maximum atomic E-state index is 3.77. The van der Waals surface area contributed by atoms with Crippen LogP contribution in [0.1, 0.15) is 5.56 Å². The lowest BCUT2D eigenvalue weighted by Gasteiger charge is -2.05. The van der Waals surface area contributed by atoms with Crippen molar-refractivity contribution in [2.75, 3.05) is 0 Å². The molecule has 0 aromatic heterocycles. The Balaban J connectivity index is 2.33. The predicted molar refractivity (Wildman–Crippen MR) is 74.2 cm³/mol. The van der Waals surface area contributed by atoms with Crippen LogP contribution in [0, 0.1) is 6.07 Å². The number of rotatable bonds is 2. The summed E-state index contributed by atoms with van der Waals surface area (Å²) in [6.45, 7) is 3.77. The van der Waals surface area contributed by atoms with Crippen LogP contribution in [-0.4, -0.2) is 0 Å². The van der Waals surface area contributed by atoms with Gasteiger partial charge in [0.05, 0.1) is 0 Å². The Morgan fingerprint density at radius 1 is 0.941 bits per heavy atom. The summed E-state index contributed by atoms with van der Waals surface area (Å²) < 4.78 is 0. The first-order chi connectivity index (χ1) is 8.38. The SMILES string of the molecule is C=CCc1[c]c2ccc3ccccc3c2cc1. The first-order valence-electron chi connectivity index (χ1n) is 5.82. The molecule has 0 bridgehead atoms. The molecular formula is C17H13. The monoisotopic (exact) mass is 217 g/mol. The summed E-state index contributed by atoms with van der Waals surface area (Å²) >= 11 is 0. The third-order valence-electron chi connectivity index (χ3n) is 3.08. The summed E-state index contributed by atoms with van der Waals surface area (Å²) in [6.07, 6.45) is 2.79. The summed E-state index contributed by atoms with van der Waals surface area (Å²) in [5.41, 5.74) is 1.20. The van der Waals surface area contributed by atoms with Crippen LogP contribution in [-0.2, 0) is 6.42 Å². The number of hydrogen-bond acceptors (Lipinski definition) is 0. The number of allylic oxidation sites excluding steroid dienone is 1. The van der Waals surface area contributed by atoms with Crippen LogP contribution >= 0.6 is 0 Å². The molecule has 81 valence electrons. The standard InChI is InChI=1S/C17H13/c1-2-5-13-8-11-17-15(12-13)10-9-14-6-3-4-7-16(14)17/h2-4,6-11H,1,5H2. The van der Waals surface area contributed by atoms with E-state index >= 15 is 0 Å². The highest BCUT2D eigenvalue weighted by atomic mass is 14.0. The van der Waals surface area contributed by atoms with Crippen molar-refractivity contribution in [1.29, 1.82) is 0 Å². The highest BCUT2D eigenvalue weighted by Crippen LogP contribution is 2.25. The van der Waals surface area contributed by atoms with E-state index < -0.39 is 0 Å². The fraction of sp³-hybridized carbons (Fsp3) is 0.0588. The fourth-order valence-corrected chi connectivity index (χ4v) is 2.26. The second-order valence-electron chi connectivity index (χ2n) is 4.22. The van der Waals surface area contributed by atoms with Gasteiger partial charge in [-0.1, -0.05) is 54.6 Å². The van der Waals surface area contributed by atoms with Gasteiger partial charge in [0, 0.05) is 0 Å². The summed E-state index contributed by atoms with van der Waals surface area (Å²) in [4.78, 5) is 0. The average molecular weight is 217 g/mol. The molecule has 0 unspecified atom stereocenters. The number of hydrogen-bond donors (Lipinski definition) is 0. The molecule has 0 N–H and O–H groups in total. The van der Waals surface area contributed by atoms with Gasteiger partial charge in [0.25, 0.3) is 0 Å². The Morgan fingerprint density at radius 2 is 1.82 bits per heavy atom.